The average Bonchev–Trinajstić information content (AvgIpc) is 2.77. The molecule has 2 aromatic heterocycles. The van der Waals surface area contributed by atoms with Gasteiger partial charge in [0.05, 0.1) is 11.2 Å². The number of aryl methyl sites for hydroxylation is 1. The Morgan fingerprint density at radius 3 is 2.70 bits per heavy atom. The third-order valence-electron chi connectivity index (χ3n) is 3.44. The molecule has 0 amide bonds. The van der Waals surface area contributed by atoms with E-state index in [0.29, 0.717) is 0 Å². The van der Waals surface area contributed by atoms with Gasteiger partial charge in [0.25, 0.3) is 0 Å². The molecule has 0 aliphatic heterocycles. The minimum atomic E-state index is -0.237. The molecule has 0 saturated carbocycles. The molecule has 0 bridgehead atoms. The van der Waals surface area contributed by atoms with Crippen LogP contribution in [0.25, 0.3) is 22.2 Å². The number of benzene rings is 1. The fraction of sp³-hybridized carbons (Fsp3) is 0.118. The van der Waals surface area contributed by atoms with Crippen LogP contribution < -0.4 is 0 Å². The number of aromatic nitrogens is 2. The van der Waals surface area contributed by atoms with Gasteiger partial charge in [-0.3, -0.25) is 4.98 Å². The fourth-order valence-electron chi connectivity index (χ4n) is 2.53. The van der Waals surface area contributed by atoms with Crippen molar-refractivity contribution < 1.29 is 4.39 Å². The summed E-state index contributed by atoms with van der Waals surface area (Å²) in [6, 6.07) is 10.6. The first-order valence-electron chi connectivity index (χ1n) is 6.52. The van der Waals surface area contributed by atoms with Crippen molar-refractivity contribution >= 4 is 10.9 Å². The van der Waals surface area contributed by atoms with Crippen molar-refractivity contribution in [3.05, 3.63) is 66.8 Å². The summed E-state index contributed by atoms with van der Waals surface area (Å²) in [7, 11) is 0. The molecule has 20 heavy (non-hydrogen) atoms. The van der Waals surface area contributed by atoms with Crippen LogP contribution in [0, 0.1) is 12.7 Å². The summed E-state index contributed by atoms with van der Waals surface area (Å²) in [4.78, 5) is 4.49. The molecule has 0 saturated heterocycles. The number of pyridine rings is 1. The number of nitrogens with zero attached hydrogens (tertiary/aromatic N) is 2. The zero-order valence-corrected chi connectivity index (χ0v) is 11.3. The van der Waals surface area contributed by atoms with Gasteiger partial charge in [-0.25, -0.2) is 4.39 Å². The Hall–Kier alpha value is -2.42. The lowest BCUT2D eigenvalue weighted by Gasteiger charge is -2.09. The first-order chi connectivity index (χ1) is 9.70. The Kier molecular flexibility index (Phi) is 3.11. The molecule has 3 aromatic rings. The summed E-state index contributed by atoms with van der Waals surface area (Å²) in [5.74, 6) is -0.237. The van der Waals surface area contributed by atoms with Gasteiger partial charge >= 0.3 is 0 Å². The van der Waals surface area contributed by atoms with Gasteiger partial charge in [-0.1, -0.05) is 6.08 Å². The topological polar surface area (TPSA) is 17.8 Å². The predicted octanol–water partition coefficient (Wildman–Crippen LogP) is 4.34. The standard InChI is InChI=1S/C17H15FN2/c1-3-10-20-12(2)11-14-8-9-19-16(17(14)20)13-4-6-15(18)7-5-13/h3-9,11H,1,10H2,2H3. The van der Waals surface area contributed by atoms with Gasteiger partial charge in [-0.05, 0) is 43.3 Å². The molecule has 0 N–H and O–H groups in total. The zero-order valence-electron chi connectivity index (χ0n) is 11.3. The van der Waals surface area contributed by atoms with E-state index in [-0.39, 0.29) is 5.82 Å². The first-order valence-corrected chi connectivity index (χ1v) is 6.52. The highest BCUT2D eigenvalue weighted by atomic mass is 19.1. The smallest absolute Gasteiger partial charge is 0.123 e. The van der Waals surface area contributed by atoms with Gasteiger partial charge in [0.2, 0.25) is 0 Å². The number of hydrogen-bond acceptors (Lipinski definition) is 1. The third-order valence-corrected chi connectivity index (χ3v) is 3.44. The Bertz CT molecular complexity index is 770. The minimum Gasteiger partial charge on any atom is -0.339 e. The average molecular weight is 266 g/mol. The summed E-state index contributed by atoms with van der Waals surface area (Å²) < 4.78 is 15.3. The van der Waals surface area contributed by atoms with Crippen LogP contribution in [-0.4, -0.2) is 9.55 Å². The molecule has 0 aliphatic rings. The van der Waals surface area contributed by atoms with E-state index in [0.717, 1.165) is 34.4 Å². The molecule has 0 spiro atoms. The molecular weight excluding hydrogens is 251 g/mol. The highest BCUT2D eigenvalue weighted by Crippen LogP contribution is 2.29. The summed E-state index contributed by atoms with van der Waals surface area (Å²) in [5, 5.41) is 1.14. The molecule has 2 nitrogen and oxygen atoms in total. The van der Waals surface area contributed by atoms with Gasteiger partial charge < -0.3 is 4.57 Å². The first kappa shape index (κ1) is 12.6. The second kappa shape index (κ2) is 4.93. The van der Waals surface area contributed by atoms with Gasteiger partial charge in [0.15, 0.2) is 0 Å². The van der Waals surface area contributed by atoms with E-state index in [1.54, 1.807) is 18.3 Å². The molecule has 0 atom stereocenters. The lowest BCUT2D eigenvalue weighted by molar-refractivity contribution is 0.628. The quantitative estimate of drug-likeness (QED) is 0.645. The van der Waals surface area contributed by atoms with Gasteiger partial charge in [0, 0.05) is 29.4 Å². The summed E-state index contributed by atoms with van der Waals surface area (Å²) in [5.41, 5.74) is 4.02. The molecule has 0 unspecified atom stereocenters. The van der Waals surface area contributed by atoms with Crippen molar-refractivity contribution in [3.8, 4) is 11.3 Å². The van der Waals surface area contributed by atoms with Crippen molar-refractivity contribution in [1.82, 2.24) is 9.55 Å². The molecule has 2 heterocycles. The van der Waals surface area contributed by atoms with E-state index in [4.69, 9.17) is 0 Å². The Balaban J connectivity index is 2.29. The summed E-state index contributed by atoms with van der Waals surface area (Å²) in [6.45, 7) is 6.61. The van der Waals surface area contributed by atoms with Crippen LogP contribution in [0.1, 0.15) is 5.69 Å². The number of halogens is 1. The summed E-state index contributed by atoms with van der Waals surface area (Å²) >= 11 is 0. The normalized spacial score (nSPS) is 10.9. The maximum absolute atomic E-state index is 13.1. The SMILES string of the molecule is C=CCn1c(C)cc2ccnc(-c3ccc(F)cc3)c21. The molecule has 1 aromatic carbocycles. The van der Waals surface area contributed by atoms with E-state index < -0.39 is 0 Å². The largest absolute Gasteiger partial charge is 0.339 e. The molecule has 3 heteroatoms. The Morgan fingerprint density at radius 2 is 2.00 bits per heavy atom. The molecule has 3 rings (SSSR count). The van der Waals surface area contributed by atoms with Crippen molar-refractivity contribution in [2.75, 3.05) is 0 Å². The van der Waals surface area contributed by atoms with Gasteiger partial charge in [0.1, 0.15) is 5.82 Å². The van der Waals surface area contributed by atoms with E-state index in [1.165, 1.54) is 12.1 Å². The van der Waals surface area contributed by atoms with Crippen molar-refractivity contribution in [3.63, 3.8) is 0 Å². The molecule has 0 aliphatic carbocycles. The highest BCUT2D eigenvalue weighted by Gasteiger charge is 2.11. The van der Waals surface area contributed by atoms with Gasteiger partial charge in [-0.15, -0.1) is 6.58 Å². The number of hydrogen-bond donors (Lipinski definition) is 0. The van der Waals surface area contributed by atoms with E-state index in [1.807, 2.05) is 12.1 Å². The third kappa shape index (κ3) is 2.01. The van der Waals surface area contributed by atoms with E-state index in [9.17, 15) is 4.39 Å². The number of allylic oxidation sites excluding steroid dienone is 1. The summed E-state index contributed by atoms with van der Waals surface area (Å²) in [6.07, 6.45) is 3.66. The van der Waals surface area contributed by atoms with Crippen LogP contribution in [0.5, 0.6) is 0 Å². The fourth-order valence-corrected chi connectivity index (χ4v) is 2.53. The monoisotopic (exact) mass is 266 g/mol. The van der Waals surface area contributed by atoms with Crippen molar-refractivity contribution in [2.45, 2.75) is 13.5 Å². The number of rotatable bonds is 3. The van der Waals surface area contributed by atoms with Crippen molar-refractivity contribution in [1.29, 1.82) is 0 Å². The van der Waals surface area contributed by atoms with Crippen LogP contribution in [0.15, 0.2) is 55.3 Å². The lowest BCUT2D eigenvalue weighted by atomic mass is 10.1. The molecular formula is C17H15FN2. The molecule has 0 radical (unpaired) electrons. The van der Waals surface area contributed by atoms with Crippen LogP contribution in [0.2, 0.25) is 0 Å². The van der Waals surface area contributed by atoms with Crippen molar-refractivity contribution in [2.24, 2.45) is 0 Å². The lowest BCUT2D eigenvalue weighted by Crippen LogP contribution is -1.99. The van der Waals surface area contributed by atoms with E-state index >= 15 is 0 Å². The second-order valence-corrected chi connectivity index (χ2v) is 4.79. The van der Waals surface area contributed by atoms with Crippen LogP contribution in [0.4, 0.5) is 4.39 Å². The van der Waals surface area contributed by atoms with Crippen LogP contribution >= 0.6 is 0 Å². The second-order valence-electron chi connectivity index (χ2n) is 4.79. The molecule has 0 fully saturated rings. The maximum atomic E-state index is 13.1. The van der Waals surface area contributed by atoms with Crippen LogP contribution in [0.3, 0.4) is 0 Å². The minimum absolute atomic E-state index is 0.237. The molecule has 100 valence electrons. The maximum Gasteiger partial charge on any atom is 0.123 e. The Labute approximate surface area is 117 Å². The van der Waals surface area contributed by atoms with E-state index in [2.05, 4.69) is 29.1 Å². The van der Waals surface area contributed by atoms with Crippen LogP contribution in [-0.2, 0) is 6.54 Å². The highest BCUT2D eigenvalue weighted by molar-refractivity contribution is 5.93. The zero-order chi connectivity index (χ0) is 14.1. The number of fused-ring (bicyclic) bond motifs is 1. The van der Waals surface area contributed by atoms with Gasteiger partial charge in [-0.2, -0.15) is 0 Å². The Morgan fingerprint density at radius 1 is 1.25 bits per heavy atom. The predicted molar refractivity (Wildman–Crippen MR) is 80.1 cm³/mol.